The Morgan fingerprint density at radius 2 is 1.74 bits per heavy atom. The SMILES string of the molecule is CC(C)c1ccc([N+](C)(C)C)c(OC(=O)N2CCCCC2)c1.[I-]. The van der Waals surface area contributed by atoms with Gasteiger partial charge in [-0.15, -0.1) is 0 Å². The first-order valence-electron chi connectivity index (χ1n) is 8.22. The van der Waals surface area contributed by atoms with Crippen LogP contribution in [0.4, 0.5) is 10.5 Å². The van der Waals surface area contributed by atoms with Crippen LogP contribution in [0.1, 0.15) is 44.6 Å². The minimum Gasteiger partial charge on any atom is -1.00 e. The molecule has 1 aromatic carbocycles. The van der Waals surface area contributed by atoms with Gasteiger partial charge in [0.25, 0.3) is 0 Å². The summed E-state index contributed by atoms with van der Waals surface area (Å²) in [4.78, 5) is 14.2. The second kappa shape index (κ2) is 8.33. The molecule has 1 aliphatic rings. The second-order valence-corrected chi connectivity index (χ2v) is 7.31. The van der Waals surface area contributed by atoms with Crippen molar-refractivity contribution >= 4 is 11.8 Å². The summed E-state index contributed by atoms with van der Waals surface area (Å²) in [5.74, 6) is 1.10. The van der Waals surface area contributed by atoms with E-state index in [1.807, 2.05) is 11.0 Å². The predicted octanol–water partition coefficient (Wildman–Crippen LogP) is 0.995. The van der Waals surface area contributed by atoms with E-state index in [-0.39, 0.29) is 30.1 Å². The van der Waals surface area contributed by atoms with Gasteiger partial charge < -0.3 is 33.6 Å². The normalized spacial score (nSPS) is 15.3. The number of amides is 1. The van der Waals surface area contributed by atoms with Gasteiger partial charge in [-0.25, -0.2) is 4.79 Å². The van der Waals surface area contributed by atoms with Gasteiger partial charge in [0.05, 0.1) is 21.1 Å². The van der Waals surface area contributed by atoms with Crippen molar-refractivity contribution in [3.8, 4) is 5.75 Å². The number of rotatable bonds is 3. The van der Waals surface area contributed by atoms with Gasteiger partial charge in [-0.1, -0.05) is 19.9 Å². The molecule has 2 rings (SSSR count). The van der Waals surface area contributed by atoms with Gasteiger partial charge in [0.15, 0.2) is 11.4 Å². The molecule has 0 atom stereocenters. The van der Waals surface area contributed by atoms with Gasteiger partial charge in [0.2, 0.25) is 0 Å². The summed E-state index contributed by atoms with van der Waals surface area (Å²) in [5.41, 5.74) is 2.22. The molecule has 1 fully saturated rings. The number of piperidine rings is 1. The van der Waals surface area contributed by atoms with E-state index in [2.05, 4.69) is 47.1 Å². The number of hydrogen-bond acceptors (Lipinski definition) is 2. The third-order valence-corrected chi connectivity index (χ3v) is 4.18. The number of likely N-dealkylation sites (tertiary alicyclic amines) is 1. The first kappa shape index (κ1) is 20.2. The molecule has 0 aliphatic carbocycles. The Hall–Kier alpha value is -0.820. The zero-order chi connectivity index (χ0) is 16.3. The van der Waals surface area contributed by atoms with Crippen molar-refractivity contribution in [1.29, 1.82) is 0 Å². The molecular weight excluding hydrogens is 403 g/mol. The van der Waals surface area contributed by atoms with Gasteiger partial charge in [-0.05, 0) is 36.8 Å². The zero-order valence-corrected chi connectivity index (χ0v) is 17.1. The standard InChI is InChI=1S/C18H29N2O2.HI/c1-14(2)15-9-10-16(20(3,4)5)17(13-15)22-18(21)19-11-7-6-8-12-19;/h9-10,13-14H,6-8,11-12H2,1-5H3;1H/q+1;/p-1. The number of ether oxygens (including phenoxy) is 1. The van der Waals surface area contributed by atoms with E-state index in [1.54, 1.807) is 0 Å². The van der Waals surface area contributed by atoms with Crippen LogP contribution in [0.3, 0.4) is 0 Å². The summed E-state index contributed by atoms with van der Waals surface area (Å²) >= 11 is 0. The third kappa shape index (κ3) is 5.35. The lowest BCUT2D eigenvalue weighted by atomic mass is 10.0. The number of halogens is 1. The number of benzene rings is 1. The summed E-state index contributed by atoms with van der Waals surface area (Å²) < 4.78 is 6.40. The van der Waals surface area contributed by atoms with E-state index in [9.17, 15) is 4.79 Å². The van der Waals surface area contributed by atoms with Gasteiger partial charge in [0.1, 0.15) is 0 Å². The number of hydrogen-bond donors (Lipinski definition) is 0. The zero-order valence-electron chi connectivity index (χ0n) is 14.9. The third-order valence-electron chi connectivity index (χ3n) is 4.18. The number of carbonyl (C=O) groups is 1. The number of quaternary nitrogens is 1. The number of carbonyl (C=O) groups excluding carboxylic acids is 1. The summed E-state index contributed by atoms with van der Waals surface area (Å²) in [6, 6.07) is 6.22. The van der Waals surface area contributed by atoms with E-state index in [1.165, 1.54) is 12.0 Å². The van der Waals surface area contributed by atoms with Crippen LogP contribution in [0.25, 0.3) is 0 Å². The highest BCUT2D eigenvalue weighted by molar-refractivity contribution is 5.73. The summed E-state index contributed by atoms with van der Waals surface area (Å²) in [7, 11) is 6.26. The van der Waals surface area contributed by atoms with Crippen molar-refractivity contribution in [2.75, 3.05) is 34.2 Å². The molecule has 23 heavy (non-hydrogen) atoms. The van der Waals surface area contributed by atoms with Crippen LogP contribution in [0.5, 0.6) is 5.75 Å². The molecule has 0 bridgehead atoms. The molecule has 0 spiro atoms. The maximum absolute atomic E-state index is 12.4. The van der Waals surface area contributed by atoms with Gasteiger partial charge in [0, 0.05) is 19.2 Å². The van der Waals surface area contributed by atoms with Crippen molar-refractivity contribution in [2.45, 2.75) is 39.0 Å². The smallest absolute Gasteiger partial charge is 0.415 e. The molecule has 1 saturated heterocycles. The highest BCUT2D eigenvalue weighted by Crippen LogP contribution is 2.34. The Morgan fingerprint density at radius 3 is 2.26 bits per heavy atom. The van der Waals surface area contributed by atoms with Gasteiger partial charge in [-0.2, -0.15) is 0 Å². The Balaban J connectivity index is 0.00000264. The fourth-order valence-electron chi connectivity index (χ4n) is 2.76. The van der Waals surface area contributed by atoms with Crippen LogP contribution >= 0.6 is 0 Å². The van der Waals surface area contributed by atoms with Crippen LogP contribution in [0, 0.1) is 0 Å². The van der Waals surface area contributed by atoms with Crippen molar-refractivity contribution in [3.05, 3.63) is 23.8 Å². The lowest BCUT2D eigenvalue weighted by Gasteiger charge is -2.29. The highest BCUT2D eigenvalue weighted by Gasteiger charge is 2.25. The van der Waals surface area contributed by atoms with Crippen LogP contribution in [0.2, 0.25) is 0 Å². The monoisotopic (exact) mass is 432 g/mol. The molecule has 4 nitrogen and oxygen atoms in total. The van der Waals surface area contributed by atoms with Gasteiger partial charge >= 0.3 is 6.09 Å². The highest BCUT2D eigenvalue weighted by atomic mass is 127. The Kier molecular flexibility index (Phi) is 7.32. The van der Waals surface area contributed by atoms with Crippen molar-refractivity contribution < 1.29 is 33.5 Å². The van der Waals surface area contributed by atoms with E-state index in [0.29, 0.717) is 16.2 Å². The molecular formula is C18H29IN2O2. The van der Waals surface area contributed by atoms with Crippen molar-refractivity contribution in [2.24, 2.45) is 0 Å². The molecule has 5 heteroatoms. The Bertz CT molecular complexity index is 532. The maximum Gasteiger partial charge on any atom is 0.415 e. The van der Waals surface area contributed by atoms with Crippen molar-refractivity contribution in [1.82, 2.24) is 9.38 Å². The largest absolute Gasteiger partial charge is 1.00 e. The van der Waals surface area contributed by atoms with Crippen LogP contribution in [-0.2, 0) is 0 Å². The van der Waals surface area contributed by atoms with E-state index in [0.717, 1.165) is 31.6 Å². The molecule has 1 aromatic rings. The molecule has 0 N–H and O–H groups in total. The average molecular weight is 432 g/mol. The molecule has 0 radical (unpaired) electrons. The van der Waals surface area contributed by atoms with E-state index < -0.39 is 0 Å². The lowest BCUT2D eigenvalue weighted by Crippen LogP contribution is -3.00. The second-order valence-electron chi connectivity index (χ2n) is 7.31. The first-order valence-corrected chi connectivity index (χ1v) is 8.22. The minimum atomic E-state index is -0.213. The fraction of sp³-hybridized carbons (Fsp3) is 0.611. The minimum absolute atomic E-state index is 0. The molecule has 0 aromatic heterocycles. The fourth-order valence-corrected chi connectivity index (χ4v) is 2.76. The Morgan fingerprint density at radius 1 is 1.13 bits per heavy atom. The molecule has 0 saturated carbocycles. The van der Waals surface area contributed by atoms with E-state index in [4.69, 9.17) is 4.74 Å². The van der Waals surface area contributed by atoms with Gasteiger partial charge in [-0.3, -0.25) is 4.48 Å². The summed E-state index contributed by atoms with van der Waals surface area (Å²) in [6.45, 7) is 5.92. The summed E-state index contributed by atoms with van der Waals surface area (Å²) in [6.07, 6.45) is 3.14. The van der Waals surface area contributed by atoms with E-state index >= 15 is 0 Å². The molecule has 1 amide bonds. The number of nitrogens with zero attached hydrogens (tertiary/aromatic N) is 2. The van der Waals surface area contributed by atoms with Crippen LogP contribution in [0.15, 0.2) is 18.2 Å². The lowest BCUT2D eigenvalue weighted by molar-refractivity contribution is -0.0000110. The van der Waals surface area contributed by atoms with Crippen LogP contribution in [-0.4, -0.2) is 45.2 Å². The molecule has 130 valence electrons. The molecule has 0 unspecified atom stereocenters. The maximum atomic E-state index is 12.4. The summed E-state index contributed by atoms with van der Waals surface area (Å²) in [5, 5.41) is 0. The first-order chi connectivity index (χ1) is 10.3. The molecule has 1 heterocycles. The molecule has 1 aliphatic heterocycles. The topological polar surface area (TPSA) is 29.5 Å². The predicted molar refractivity (Wildman–Crippen MR) is 91.5 cm³/mol. The average Bonchev–Trinajstić information content (AvgIpc) is 2.46. The quantitative estimate of drug-likeness (QED) is 0.527. The van der Waals surface area contributed by atoms with Crippen LogP contribution < -0.4 is 33.2 Å². The Labute approximate surface area is 157 Å². The van der Waals surface area contributed by atoms with Crippen molar-refractivity contribution in [3.63, 3.8) is 0 Å².